The summed E-state index contributed by atoms with van der Waals surface area (Å²) in [5, 5.41) is 4.06. The van der Waals surface area contributed by atoms with E-state index in [1.54, 1.807) is 12.0 Å². The van der Waals surface area contributed by atoms with Gasteiger partial charge in [-0.25, -0.2) is 0 Å². The number of carbonyl (C=O) groups excluding carboxylic acids is 2. The third-order valence-corrected chi connectivity index (χ3v) is 6.60. The third kappa shape index (κ3) is 3.81. The minimum Gasteiger partial charge on any atom is -0.497 e. The minimum absolute atomic E-state index is 0.164. The lowest BCUT2D eigenvalue weighted by Gasteiger charge is -2.44. The van der Waals surface area contributed by atoms with Gasteiger partial charge in [-0.2, -0.15) is 0 Å². The molecule has 0 fully saturated rings. The second kappa shape index (κ2) is 8.71. The van der Waals surface area contributed by atoms with Crippen LogP contribution in [0.5, 0.6) is 5.75 Å². The molecule has 172 valence electrons. The van der Waals surface area contributed by atoms with Crippen LogP contribution in [0.25, 0.3) is 10.9 Å². The van der Waals surface area contributed by atoms with E-state index in [0.717, 1.165) is 22.0 Å². The molecule has 0 saturated heterocycles. The standard InChI is InChI=1S/C28H27N3O3/c1-28(27(33)29-17-20-9-4-3-5-10-20)19-30-24-14-7-6-12-22(24)16-25(30)26(32)31(28)18-21-11-8-13-23(15-21)34-2/h3-16H,17-19H2,1-2H3,(H,29,33). The zero-order valence-electron chi connectivity index (χ0n) is 19.3. The maximum Gasteiger partial charge on any atom is 0.271 e. The molecular weight excluding hydrogens is 426 g/mol. The van der Waals surface area contributed by atoms with Crippen LogP contribution >= 0.6 is 0 Å². The summed E-state index contributed by atoms with van der Waals surface area (Å²) in [7, 11) is 1.62. The van der Waals surface area contributed by atoms with Gasteiger partial charge in [0, 0.05) is 24.0 Å². The van der Waals surface area contributed by atoms with Gasteiger partial charge in [0.2, 0.25) is 5.91 Å². The average Bonchev–Trinajstić information content (AvgIpc) is 3.24. The Balaban J connectivity index is 1.53. The molecule has 0 radical (unpaired) electrons. The van der Waals surface area contributed by atoms with Gasteiger partial charge in [0.25, 0.3) is 5.91 Å². The van der Waals surface area contributed by atoms with Gasteiger partial charge in [0.15, 0.2) is 0 Å². The maximum atomic E-state index is 13.8. The number of nitrogens with zero attached hydrogens (tertiary/aromatic N) is 2. The molecule has 1 unspecified atom stereocenters. The predicted octanol–water partition coefficient (Wildman–Crippen LogP) is 4.38. The van der Waals surface area contributed by atoms with Crippen LogP contribution in [0.3, 0.4) is 0 Å². The van der Waals surface area contributed by atoms with E-state index in [1.807, 2.05) is 96.4 Å². The molecule has 0 aliphatic carbocycles. The van der Waals surface area contributed by atoms with Crippen LogP contribution < -0.4 is 10.1 Å². The van der Waals surface area contributed by atoms with Crippen LogP contribution in [-0.4, -0.2) is 33.9 Å². The number of rotatable bonds is 6. The van der Waals surface area contributed by atoms with Gasteiger partial charge in [-0.3, -0.25) is 9.59 Å². The molecule has 3 aromatic carbocycles. The summed E-state index contributed by atoms with van der Waals surface area (Å²) in [4.78, 5) is 29.2. The SMILES string of the molecule is COc1cccc(CN2C(=O)c3cc4ccccc4n3CC2(C)C(=O)NCc2ccccc2)c1. The van der Waals surface area contributed by atoms with Crippen LogP contribution in [0, 0.1) is 0 Å². The monoisotopic (exact) mass is 453 g/mol. The van der Waals surface area contributed by atoms with E-state index in [2.05, 4.69) is 5.32 Å². The number of carbonyl (C=O) groups is 2. The number of aromatic nitrogens is 1. The fourth-order valence-corrected chi connectivity index (χ4v) is 4.68. The summed E-state index contributed by atoms with van der Waals surface area (Å²) in [6.45, 7) is 2.91. The van der Waals surface area contributed by atoms with Gasteiger partial charge < -0.3 is 19.5 Å². The largest absolute Gasteiger partial charge is 0.497 e. The highest BCUT2D eigenvalue weighted by Crippen LogP contribution is 2.34. The van der Waals surface area contributed by atoms with Crippen molar-refractivity contribution in [1.82, 2.24) is 14.8 Å². The molecule has 0 saturated carbocycles. The van der Waals surface area contributed by atoms with Crippen molar-refractivity contribution >= 4 is 22.7 Å². The number of benzene rings is 3. The van der Waals surface area contributed by atoms with Crippen molar-refractivity contribution in [1.29, 1.82) is 0 Å². The number of ether oxygens (including phenoxy) is 1. The highest BCUT2D eigenvalue weighted by molar-refractivity contribution is 6.03. The molecule has 0 spiro atoms. The average molecular weight is 454 g/mol. The van der Waals surface area contributed by atoms with Gasteiger partial charge in [-0.05, 0) is 42.3 Å². The van der Waals surface area contributed by atoms with Crippen molar-refractivity contribution < 1.29 is 14.3 Å². The summed E-state index contributed by atoms with van der Waals surface area (Å²) in [5.41, 5.74) is 2.38. The van der Waals surface area contributed by atoms with Crippen LogP contribution in [-0.2, 0) is 24.4 Å². The first kappa shape index (κ1) is 21.8. The van der Waals surface area contributed by atoms with E-state index < -0.39 is 5.54 Å². The van der Waals surface area contributed by atoms with Crippen molar-refractivity contribution in [3.05, 3.63) is 102 Å². The van der Waals surface area contributed by atoms with Crippen molar-refractivity contribution in [2.75, 3.05) is 7.11 Å². The number of fused-ring (bicyclic) bond motifs is 3. The Morgan fingerprint density at radius 1 is 0.971 bits per heavy atom. The molecule has 1 N–H and O–H groups in total. The number of amides is 2. The Hall–Kier alpha value is -4.06. The zero-order chi connectivity index (χ0) is 23.7. The smallest absolute Gasteiger partial charge is 0.271 e. The van der Waals surface area contributed by atoms with E-state index in [9.17, 15) is 9.59 Å². The van der Waals surface area contributed by atoms with E-state index in [0.29, 0.717) is 31.1 Å². The van der Waals surface area contributed by atoms with Crippen LogP contribution in [0.4, 0.5) is 0 Å². The number of hydrogen-bond acceptors (Lipinski definition) is 3. The maximum absolute atomic E-state index is 13.8. The second-order valence-electron chi connectivity index (χ2n) is 8.86. The number of para-hydroxylation sites is 1. The van der Waals surface area contributed by atoms with Crippen LogP contribution in [0.1, 0.15) is 28.5 Å². The van der Waals surface area contributed by atoms with Crippen molar-refractivity contribution in [3.8, 4) is 5.75 Å². The van der Waals surface area contributed by atoms with Gasteiger partial charge >= 0.3 is 0 Å². The Bertz CT molecular complexity index is 1360. The number of hydrogen-bond donors (Lipinski definition) is 1. The first-order valence-corrected chi connectivity index (χ1v) is 11.3. The summed E-state index contributed by atoms with van der Waals surface area (Å²) in [6, 6.07) is 27.2. The molecule has 0 bridgehead atoms. The molecule has 2 heterocycles. The predicted molar refractivity (Wildman–Crippen MR) is 131 cm³/mol. The Labute approximate surface area is 198 Å². The molecule has 6 nitrogen and oxygen atoms in total. The van der Waals surface area contributed by atoms with Gasteiger partial charge in [-0.1, -0.05) is 60.7 Å². The van der Waals surface area contributed by atoms with Crippen molar-refractivity contribution in [3.63, 3.8) is 0 Å². The number of nitrogens with one attached hydrogen (secondary N) is 1. The molecule has 1 atom stereocenters. The fraction of sp³-hybridized carbons (Fsp3) is 0.214. The molecule has 1 aliphatic heterocycles. The summed E-state index contributed by atoms with van der Waals surface area (Å²) in [5.74, 6) is 0.366. The Kier molecular flexibility index (Phi) is 5.57. The van der Waals surface area contributed by atoms with Crippen LogP contribution in [0.15, 0.2) is 84.9 Å². The molecular formula is C28H27N3O3. The minimum atomic E-state index is -1.08. The lowest BCUT2D eigenvalue weighted by atomic mass is 9.93. The number of methoxy groups -OCH3 is 1. The molecule has 4 aromatic rings. The summed E-state index contributed by atoms with van der Waals surface area (Å²) >= 11 is 0. The molecule has 6 heteroatoms. The summed E-state index contributed by atoms with van der Waals surface area (Å²) in [6.07, 6.45) is 0. The molecule has 34 heavy (non-hydrogen) atoms. The second-order valence-corrected chi connectivity index (χ2v) is 8.86. The first-order valence-electron chi connectivity index (χ1n) is 11.3. The highest BCUT2D eigenvalue weighted by Gasteiger charge is 2.47. The fourth-order valence-electron chi connectivity index (χ4n) is 4.68. The molecule has 1 aromatic heterocycles. The van der Waals surface area contributed by atoms with E-state index in [4.69, 9.17) is 4.74 Å². The quantitative estimate of drug-likeness (QED) is 0.471. The van der Waals surface area contributed by atoms with Crippen molar-refractivity contribution in [2.45, 2.75) is 32.1 Å². The highest BCUT2D eigenvalue weighted by atomic mass is 16.5. The van der Waals surface area contributed by atoms with E-state index in [-0.39, 0.29) is 11.8 Å². The summed E-state index contributed by atoms with van der Waals surface area (Å²) < 4.78 is 7.34. The van der Waals surface area contributed by atoms with Gasteiger partial charge in [-0.15, -0.1) is 0 Å². The molecule has 5 rings (SSSR count). The first-order chi connectivity index (χ1) is 16.5. The Morgan fingerprint density at radius 3 is 2.50 bits per heavy atom. The van der Waals surface area contributed by atoms with E-state index in [1.165, 1.54) is 0 Å². The lowest BCUT2D eigenvalue weighted by molar-refractivity contribution is -0.133. The topological polar surface area (TPSA) is 63.6 Å². The Morgan fingerprint density at radius 2 is 1.71 bits per heavy atom. The third-order valence-electron chi connectivity index (χ3n) is 6.60. The van der Waals surface area contributed by atoms with Crippen molar-refractivity contribution in [2.24, 2.45) is 0 Å². The molecule has 2 amide bonds. The van der Waals surface area contributed by atoms with E-state index >= 15 is 0 Å². The normalized spacial score (nSPS) is 17.5. The van der Waals surface area contributed by atoms with Gasteiger partial charge in [0.1, 0.15) is 17.0 Å². The zero-order valence-corrected chi connectivity index (χ0v) is 19.3. The molecule has 1 aliphatic rings. The van der Waals surface area contributed by atoms with Crippen LogP contribution in [0.2, 0.25) is 0 Å². The van der Waals surface area contributed by atoms with Gasteiger partial charge in [0.05, 0.1) is 13.7 Å². The lowest BCUT2D eigenvalue weighted by Crippen LogP contribution is -2.63.